The van der Waals surface area contributed by atoms with Crippen molar-refractivity contribution in [2.45, 2.75) is 0 Å². The van der Waals surface area contributed by atoms with Crippen LogP contribution in [-0.2, 0) is 10.0 Å². The normalized spacial score (nSPS) is 17.4. The van der Waals surface area contributed by atoms with Crippen LogP contribution in [0.15, 0.2) is 24.3 Å². The zero-order valence-electron chi connectivity index (χ0n) is 12.5. The summed E-state index contributed by atoms with van der Waals surface area (Å²) in [4.78, 5) is 13.9. The Kier molecular flexibility index (Phi) is 5.49. The van der Waals surface area contributed by atoms with Crippen LogP contribution >= 0.6 is 0 Å². The third kappa shape index (κ3) is 4.75. The van der Waals surface area contributed by atoms with E-state index >= 15 is 0 Å². The molecule has 0 bridgehead atoms. The molecule has 0 atom stereocenters. The first kappa shape index (κ1) is 16.9. The minimum absolute atomic E-state index is 0.241. The molecule has 1 saturated heterocycles. The van der Waals surface area contributed by atoms with Gasteiger partial charge >= 0.3 is 0 Å². The number of nitrogens with one attached hydrogen (secondary N) is 1. The Hall–Kier alpha value is -1.51. The van der Waals surface area contributed by atoms with E-state index in [4.69, 9.17) is 0 Å². The van der Waals surface area contributed by atoms with E-state index in [2.05, 4.69) is 10.2 Å². The Labute approximate surface area is 130 Å². The Bertz CT molecular complexity index is 611. The predicted octanol–water partition coefficient (Wildman–Crippen LogP) is 0.133. The number of hydrogen-bond acceptors (Lipinski definition) is 4. The summed E-state index contributed by atoms with van der Waals surface area (Å²) >= 11 is 0. The summed E-state index contributed by atoms with van der Waals surface area (Å²) in [7, 11) is -3.12. The van der Waals surface area contributed by atoms with E-state index in [1.807, 2.05) is 0 Å². The number of piperazine rings is 1. The van der Waals surface area contributed by atoms with Crippen LogP contribution in [0.3, 0.4) is 0 Å². The third-order valence-corrected chi connectivity index (χ3v) is 4.92. The van der Waals surface area contributed by atoms with Gasteiger partial charge < -0.3 is 5.32 Å². The molecule has 1 aromatic carbocycles. The second kappa shape index (κ2) is 7.17. The molecule has 2 rings (SSSR count). The van der Waals surface area contributed by atoms with Gasteiger partial charge in [0.25, 0.3) is 5.91 Å². The lowest BCUT2D eigenvalue weighted by molar-refractivity contribution is 0.0945. The lowest BCUT2D eigenvalue weighted by atomic mass is 10.2. The number of carbonyl (C=O) groups is 1. The van der Waals surface area contributed by atoms with Crippen molar-refractivity contribution in [3.63, 3.8) is 0 Å². The largest absolute Gasteiger partial charge is 0.351 e. The van der Waals surface area contributed by atoms with Crippen LogP contribution < -0.4 is 5.32 Å². The molecule has 1 heterocycles. The lowest BCUT2D eigenvalue weighted by Crippen LogP contribution is -2.49. The molecule has 0 saturated carbocycles. The molecule has 1 N–H and O–H groups in total. The molecule has 0 radical (unpaired) electrons. The molecule has 122 valence electrons. The minimum atomic E-state index is -3.12. The Balaban J connectivity index is 1.71. The standard InChI is InChI=1S/C14H20FN3O3S/c1-22(20,21)18-10-8-17(9-11-18)7-6-16-14(19)12-2-4-13(15)5-3-12/h2-5H,6-11H2,1H3,(H,16,19). The SMILES string of the molecule is CS(=O)(=O)N1CCN(CCNC(=O)c2ccc(F)cc2)CC1. The Morgan fingerprint density at radius 2 is 1.77 bits per heavy atom. The van der Waals surface area contributed by atoms with E-state index < -0.39 is 10.0 Å². The smallest absolute Gasteiger partial charge is 0.251 e. The highest BCUT2D eigenvalue weighted by molar-refractivity contribution is 7.88. The van der Waals surface area contributed by atoms with Gasteiger partial charge in [-0.1, -0.05) is 0 Å². The second-order valence-electron chi connectivity index (χ2n) is 5.27. The molecule has 0 spiro atoms. The average Bonchev–Trinajstić information content (AvgIpc) is 2.47. The van der Waals surface area contributed by atoms with Gasteiger partial charge in [0.1, 0.15) is 5.82 Å². The van der Waals surface area contributed by atoms with Crippen molar-refractivity contribution in [2.24, 2.45) is 0 Å². The molecule has 0 unspecified atom stereocenters. The Morgan fingerprint density at radius 3 is 2.32 bits per heavy atom. The summed E-state index contributed by atoms with van der Waals surface area (Å²) in [5, 5.41) is 2.77. The Morgan fingerprint density at radius 1 is 1.18 bits per heavy atom. The van der Waals surface area contributed by atoms with Gasteiger partial charge in [-0.15, -0.1) is 0 Å². The number of hydrogen-bond donors (Lipinski definition) is 1. The maximum absolute atomic E-state index is 12.8. The van der Waals surface area contributed by atoms with Gasteiger partial charge in [0.2, 0.25) is 10.0 Å². The van der Waals surface area contributed by atoms with E-state index in [9.17, 15) is 17.6 Å². The molecule has 1 amide bonds. The van der Waals surface area contributed by atoms with Crippen LogP contribution in [0.1, 0.15) is 10.4 Å². The van der Waals surface area contributed by atoms with Gasteiger partial charge in [-0.3, -0.25) is 9.69 Å². The summed E-state index contributed by atoms with van der Waals surface area (Å²) < 4.78 is 37.0. The van der Waals surface area contributed by atoms with E-state index in [0.717, 1.165) is 0 Å². The highest BCUT2D eigenvalue weighted by Crippen LogP contribution is 2.05. The summed E-state index contributed by atoms with van der Waals surface area (Å²) in [6, 6.07) is 5.38. The van der Waals surface area contributed by atoms with Crippen molar-refractivity contribution in [1.82, 2.24) is 14.5 Å². The highest BCUT2D eigenvalue weighted by Gasteiger charge is 2.22. The number of amides is 1. The van der Waals surface area contributed by atoms with Crippen LogP contribution in [-0.4, -0.2) is 69.1 Å². The van der Waals surface area contributed by atoms with Crippen molar-refractivity contribution in [3.8, 4) is 0 Å². The van der Waals surface area contributed by atoms with Gasteiger partial charge in [-0.2, -0.15) is 4.31 Å². The first-order valence-electron chi connectivity index (χ1n) is 7.07. The quantitative estimate of drug-likeness (QED) is 0.834. The third-order valence-electron chi connectivity index (χ3n) is 3.62. The molecular weight excluding hydrogens is 309 g/mol. The van der Waals surface area contributed by atoms with Crippen molar-refractivity contribution < 1.29 is 17.6 Å². The molecular formula is C14H20FN3O3S. The number of rotatable bonds is 5. The van der Waals surface area contributed by atoms with Gasteiger partial charge in [0.05, 0.1) is 6.26 Å². The summed E-state index contributed by atoms with van der Waals surface area (Å²) in [6.45, 7) is 3.38. The van der Waals surface area contributed by atoms with E-state index in [0.29, 0.717) is 44.8 Å². The fourth-order valence-corrected chi connectivity index (χ4v) is 3.14. The fourth-order valence-electron chi connectivity index (χ4n) is 2.32. The van der Waals surface area contributed by atoms with E-state index in [1.165, 1.54) is 34.8 Å². The number of benzene rings is 1. The lowest BCUT2D eigenvalue weighted by Gasteiger charge is -2.33. The van der Waals surface area contributed by atoms with Crippen molar-refractivity contribution in [3.05, 3.63) is 35.6 Å². The summed E-state index contributed by atoms with van der Waals surface area (Å²) in [6.07, 6.45) is 1.21. The van der Waals surface area contributed by atoms with Crippen LogP contribution in [0, 0.1) is 5.82 Å². The van der Waals surface area contributed by atoms with Crippen LogP contribution in [0.5, 0.6) is 0 Å². The fraction of sp³-hybridized carbons (Fsp3) is 0.500. The van der Waals surface area contributed by atoms with Crippen molar-refractivity contribution in [2.75, 3.05) is 45.5 Å². The van der Waals surface area contributed by atoms with Gasteiger partial charge in [-0.25, -0.2) is 12.8 Å². The highest BCUT2D eigenvalue weighted by atomic mass is 32.2. The number of nitrogens with zero attached hydrogens (tertiary/aromatic N) is 2. The van der Waals surface area contributed by atoms with Crippen LogP contribution in [0.25, 0.3) is 0 Å². The molecule has 6 nitrogen and oxygen atoms in total. The molecule has 0 aromatic heterocycles. The number of carbonyl (C=O) groups excluding carboxylic acids is 1. The minimum Gasteiger partial charge on any atom is -0.351 e. The molecule has 1 aromatic rings. The monoisotopic (exact) mass is 329 g/mol. The number of halogens is 1. The molecule has 1 fully saturated rings. The van der Waals surface area contributed by atoms with E-state index in [-0.39, 0.29) is 11.7 Å². The summed E-state index contributed by atoms with van der Waals surface area (Å²) in [5.41, 5.74) is 0.420. The zero-order chi connectivity index (χ0) is 16.2. The van der Waals surface area contributed by atoms with Gasteiger partial charge in [0, 0.05) is 44.8 Å². The molecule has 0 aliphatic carbocycles. The first-order chi connectivity index (χ1) is 10.4. The van der Waals surface area contributed by atoms with E-state index in [1.54, 1.807) is 0 Å². The molecule has 1 aliphatic rings. The maximum atomic E-state index is 12.8. The van der Waals surface area contributed by atoms with Gasteiger partial charge in [-0.05, 0) is 24.3 Å². The van der Waals surface area contributed by atoms with Crippen molar-refractivity contribution >= 4 is 15.9 Å². The van der Waals surface area contributed by atoms with Crippen LogP contribution in [0.4, 0.5) is 4.39 Å². The molecule has 1 aliphatic heterocycles. The van der Waals surface area contributed by atoms with Gasteiger partial charge in [0.15, 0.2) is 0 Å². The topological polar surface area (TPSA) is 69.7 Å². The zero-order valence-corrected chi connectivity index (χ0v) is 13.3. The molecule has 22 heavy (non-hydrogen) atoms. The second-order valence-corrected chi connectivity index (χ2v) is 7.25. The predicted molar refractivity (Wildman–Crippen MR) is 81.6 cm³/mol. The van der Waals surface area contributed by atoms with Crippen LogP contribution in [0.2, 0.25) is 0 Å². The van der Waals surface area contributed by atoms with Crippen molar-refractivity contribution in [1.29, 1.82) is 0 Å². The number of sulfonamides is 1. The summed E-state index contributed by atoms with van der Waals surface area (Å²) in [5.74, 6) is -0.616. The first-order valence-corrected chi connectivity index (χ1v) is 8.92. The average molecular weight is 329 g/mol. The molecule has 8 heteroatoms. The maximum Gasteiger partial charge on any atom is 0.251 e.